The highest BCUT2D eigenvalue weighted by atomic mass is 16.6. The SMILES string of the molecule is CC(C)OC(=O)[C@@]1(O)[C@H](C)CC2C3CCC4=CC(=O)C=C[C@]4(C)C3[C@@H](O)C[C@@]21C. The first-order chi connectivity index (χ1) is 13.4. The van der Waals surface area contributed by atoms with Crippen LogP contribution in [0, 0.1) is 34.5 Å². The molecule has 5 heteroatoms. The number of carbonyl (C=O) groups excluding carboxylic acids is 2. The summed E-state index contributed by atoms with van der Waals surface area (Å²) in [6.45, 7) is 9.61. The highest BCUT2D eigenvalue weighted by Gasteiger charge is 2.71. The standard InChI is InChI=1S/C24H34O5/c1-13(2)29-21(27)24(28)14(3)10-18-17-7-6-15-11-16(25)8-9-22(15,4)20(17)19(26)12-23(18,24)5/h8-9,11,13-14,17-20,26,28H,6-7,10,12H2,1-5H3/t14-,17?,18?,19+,20?,22+,23+,24+/m1/s1. The molecule has 3 fully saturated rings. The number of carbonyl (C=O) groups is 2. The average Bonchev–Trinajstić information content (AvgIpc) is 2.82. The van der Waals surface area contributed by atoms with Crippen LogP contribution in [-0.4, -0.2) is 39.8 Å². The van der Waals surface area contributed by atoms with Crippen molar-refractivity contribution in [2.75, 3.05) is 0 Å². The Labute approximate surface area is 173 Å². The van der Waals surface area contributed by atoms with Gasteiger partial charge >= 0.3 is 5.97 Å². The molecular formula is C24H34O5. The molecule has 0 aliphatic heterocycles. The number of ether oxygens (including phenoxy) is 1. The third-order valence-corrected chi connectivity index (χ3v) is 8.73. The van der Waals surface area contributed by atoms with Crippen LogP contribution in [0.25, 0.3) is 0 Å². The summed E-state index contributed by atoms with van der Waals surface area (Å²) in [5, 5.41) is 23.1. The molecule has 5 nitrogen and oxygen atoms in total. The second kappa shape index (κ2) is 6.52. The molecule has 0 amide bonds. The molecule has 4 aliphatic carbocycles. The highest BCUT2D eigenvalue weighted by Crippen LogP contribution is 2.68. The zero-order valence-corrected chi connectivity index (χ0v) is 18.1. The Morgan fingerprint density at radius 1 is 1.31 bits per heavy atom. The first kappa shape index (κ1) is 20.8. The van der Waals surface area contributed by atoms with Crippen molar-refractivity contribution in [2.45, 2.75) is 78.1 Å². The number of aliphatic hydroxyl groups excluding tert-OH is 1. The van der Waals surface area contributed by atoms with Crippen molar-refractivity contribution >= 4 is 11.8 Å². The van der Waals surface area contributed by atoms with E-state index >= 15 is 0 Å². The molecule has 160 valence electrons. The van der Waals surface area contributed by atoms with Gasteiger partial charge in [-0.1, -0.05) is 32.4 Å². The second-order valence-corrected chi connectivity index (χ2v) is 10.6. The van der Waals surface area contributed by atoms with Crippen LogP contribution in [0.4, 0.5) is 0 Å². The van der Waals surface area contributed by atoms with E-state index in [4.69, 9.17) is 4.74 Å². The summed E-state index contributed by atoms with van der Waals surface area (Å²) in [6, 6.07) is 0. The van der Waals surface area contributed by atoms with Gasteiger partial charge in [0.2, 0.25) is 0 Å². The molecule has 0 bridgehead atoms. The molecule has 0 aromatic rings. The maximum absolute atomic E-state index is 13.0. The summed E-state index contributed by atoms with van der Waals surface area (Å²) in [6.07, 6.45) is 7.17. The summed E-state index contributed by atoms with van der Waals surface area (Å²) in [5.74, 6) is -0.469. The first-order valence-corrected chi connectivity index (χ1v) is 11.0. The number of aliphatic hydroxyl groups is 2. The normalized spacial score (nSPS) is 48.6. The Morgan fingerprint density at radius 2 is 2.00 bits per heavy atom. The fourth-order valence-corrected chi connectivity index (χ4v) is 7.40. The molecular weight excluding hydrogens is 368 g/mol. The predicted molar refractivity (Wildman–Crippen MR) is 109 cm³/mol. The lowest BCUT2D eigenvalue weighted by atomic mass is 9.46. The van der Waals surface area contributed by atoms with Gasteiger partial charge in [-0.2, -0.15) is 0 Å². The van der Waals surface area contributed by atoms with Crippen LogP contribution in [0.3, 0.4) is 0 Å². The van der Waals surface area contributed by atoms with Crippen molar-refractivity contribution in [3.8, 4) is 0 Å². The van der Waals surface area contributed by atoms with E-state index in [2.05, 4.69) is 6.92 Å². The van der Waals surface area contributed by atoms with E-state index in [1.54, 1.807) is 26.0 Å². The molecule has 0 spiro atoms. The Hall–Kier alpha value is -1.46. The van der Waals surface area contributed by atoms with Crippen molar-refractivity contribution in [1.29, 1.82) is 0 Å². The minimum absolute atomic E-state index is 0.0133. The third kappa shape index (κ3) is 2.66. The van der Waals surface area contributed by atoms with Crippen molar-refractivity contribution in [3.05, 3.63) is 23.8 Å². The smallest absolute Gasteiger partial charge is 0.339 e. The Balaban J connectivity index is 1.74. The molecule has 2 N–H and O–H groups in total. The summed E-state index contributed by atoms with van der Waals surface area (Å²) in [5.41, 5.74) is -1.57. The Bertz CT molecular complexity index is 797. The average molecular weight is 403 g/mol. The van der Waals surface area contributed by atoms with Gasteiger partial charge in [-0.15, -0.1) is 0 Å². The Morgan fingerprint density at radius 3 is 2.66 bits per heavy atom. The third-order valence-electron chi connectivity index (χ3n) is 8.73. The predicted octanol–water partition coefficient (Wildman–Crippen LogP) is 3.19. The van der Waals surface area contributed by atoms with E-state index in [1.165, 1.54) is 0 Å². The van der Waals surface area contributed by atoms with Gasteiger partial charge in [-0.3, -0.25) is 4.79 Å². The van der Waals surface area contributed by atoms with Gasteiger partial charge < -0.3 is 14.9 Å². The second-order valence-electron chi connectivity index (χ2n) is 10.6. The lowest BCUT2D eigenvalue weighted by Gasteiger charge is -2.59. The van der Waals surface area contributed by atoms with Gasteiger partial charge in [0.25, 0.3) is 0 Å². The van der Waals surface area contributed by atoms with Crippen LogP contribution >= 0.6 is 0 Å². The largest absolute Gasteiger partial charge is 0.461 e. The van der Waals surface area contributed by atoms with E-state index in [0.29, 0.717) is 6.42 Å². The van der Waals surface area contributed by atoms with E-state index < -0.39 is 23.1 Å². The van der Waals surface area contributed by atoms with Gasteiger partial charge in [0.15, 0.2) is 11.4 Å². The van der Waals surface area contributed by atoms with Gasteiger partial charge in [-0.05, 0) is 69.4 Å². The number of fused-ring (bicyclic) bond motifs is 5. The number of rotatable bonds is 2. The summed E-state index contributed by atoms with van der Waals surface area (Å²) >= 11 is 0. The zero-order chi connectivity index (χ0) is 21.4. The fraction of sp³-hybridized carbons (Fsp3) is 0.750. The maximum atomic E-state index is 13.0. The number of hydrogen-bond donors (Lipinski definition) is 2. The summed E-state index contributed by atoms with van der Waals surface area (Å²) < 4.78 is 5.48. The molecule has 4 rings (SSSR count). The first-order valence-electron chi connectivity index (χ1n) is 11.0. The molecule has 0 radical (unpaired) electrons. The summed E-state index contributed by atoms with van der Waals surface area (Å²) in [4.78, 5) is 24.9. The van der Waals surface area contributed by atoms with E-state index in [1.807, 2.05) is 19.9 Å². The highest BCUT2D eigenvalue weighted by molar-refractivity contribution is 6.01. The van der Waals surface area contributed by atoms with Gasteiger partial charge in [0.05, 0.1) is 12.2 Å². The van der Waals surface area contributed by atoms with Crippen LogP contribution in [0.2, 0.25) is 0 Å². The van der Waals surface area contributed by atoms with Crippen molar-refractivity contribution in [2.24, 2.45) is 34.5 Å². The van der Waals surface area contributed by atoms with Crippen LogP contribution in [0.5, 0.6) is 0 Å². The van der Waals surface area contributed by atoms with E-state index in [-0.39, 0.29) is 41.0 Å². The molecule has 0 saturated heterocycles. The van der Waals surface area contributed by atoms with Gasteiger partial charge in [0.1, 0.15) is 0 Å². The molecule has 0 aromatic heterocycles. The monoisotopic (exact) mass is 402 g/mol. The van der Waals surface area contributed by atoms with E-state index in [0.717, 1.165) is 24.8 Å². The zero-order valence-electron chi connectivity index (χ0n) is 18.1. The van der Waals surface area contributed by atoms with Crippen LogP contribution in [0.15, 0.2) is 23.8 Å². The lowest BCUT2D eigenvalue weighted by molar-refractivity contribution is -0.205. The van der Waals surface area contributed by atoms with Gasteiger partial charge in [0, 0.05) is 16.7 Å². The van der Waals surface area contributed by atoms with Gasteiger partial charge in [-0.25, -0.2) is 4.79 Å². The molecule has 0 aromatic carbocycles. The minimum Gasteiger partial charge on any atom is -0.461 e. The molecule has 4 aliphatic rings. The van der Waals surface area contributed by atoms with Crippen LogP contribution in [-0.2, 0) is 14.3 Å². The fourth-order valence-electron chi connectivity index (χ4n) is 7.40. The minimum atomic E-state index is -1.59. The van der Waals surface area contributed by atoms with E-state index in [9.17, 15) is 19.8 Å². The maximum Gasteiger partial charge on any atom is 0.339 e. The van der Waals surface area contributed by atoms with Crippen molar-refractivity contribution < 1.29 is 24.5 Å². The van der Waals surface area contributed by atoms with Crippen LogP contribution in [0.1, 0.15) is 60.3 Å². The molecule has 0 heterocycles. The number of hydrogen-bond acceptors (Lipinski definition) is 5. The van der Waals surface area contributed by atoms with Crippen molar-refractivity contribution in [1.82, 2.24) is 0 Å². The number of ketones is 1. The summed E-state index contributed by atoms with van der Waals surface area (Å²) in [7, 11) is 0. The molecule has 3 saturated carbocycles. The number of esters is 1. The van der Waals surface area contributed by atoms with Crippen LogP contribution < -0.4 is 0 Å². The topological polar surface area (TPSA) is 83.8 Å². The lowest BCUT2D eigenvalue weighted by Crippen LogP contribution is -2.62. The molecule has 3 unspecified atom stereocenters. The quantitative estimate of drug-likeness (QED) is 0.693. The molecule has 29 heavy (non-hydrogen) atoms. The molecule has 8 atom stereocenters. The number of allylic oxidation sites excluding steroid dienone is 4. The van der Waals surface area contributed by atoms with Crippen molar-refractivity contribution in [3.63, 3.8) is 0 Å². The Kier molecular flexibility index (Phi) is 4.67.